The molecule has 0 aromatic heterocycles. The third-order valence-corrected chi connectivity index (χ3v) is 3.97. The van der Waals surface area contributed by atoms with Crippen LogP contribution in [0.4, 0.5) is 0 Å². The van der Waals surface area contributed by atoms with Crippen molar-refractivity contribution in [3.8, 4) is 0 Å². The van der Waals surface area contributed by atoms with Crippen molar-refractivity contribution >= 4 is 18.3 Å². The van der Waals surface area contributed by atoms with E-state index in [0.717, 1.165) is 44.7 Å². The molecule has 1 amide bonds. The van der Waals surface area contributed by atoms with Crippen LogP contribution in [-0.4, -0.2) is 42.6 Å². The second kappa shape index (κ2) is 7.31. The van der Waals surface area contributed by atoms with Crippen LogP contribution >= 0.6 is 12.4 Å². The number of carbonyl (C=O) groups excluding carboxylic acids is 1. The maximum absolute atomic E-state index is 12.3. The molecule has 2 aliphatic heterocycles. The van der Waals surface area contributed by atoms with Crippen LogP contribution in [0.25, 0.3) is 0 Å². The van der Waals surface area contributed by atoms with E-state index in [4.69, 9.17) is 10.5 Å². The lowest BCUT2D eigenvalue weighted by Crippen LogP contribution is -2.40. The standard InChI is InChI=1S/C13H24N2O2.ClH/c1-10-3-2-7-15(8-6-10)13(16)12-5-4-11(9-14)17-12;/h10-12H,2-9,14H2,1H3;1H/t10?,11-,12+;/m1./s1. The van der Waals surface area contributed by atoms with Gasteiger partial charge in [-0.25, -0.2) is 0 Å². The molecule has 0 saturated carbocycles. The summed E-state index contributed by atoms with van der Waals surface area (Å²) in [6.45, 7) is 4.59. The minimum Gasteiger partial charge on any atom is -0.364 e. The molecule has 2 fully saturated rings. The largest absolute Gasteiger partial charge is 0.364 e. The predicted molar refractivity (Wildman–Crippen MR) is 73.8 cm³/mol. The average molecular weight is 277 g/mol. The van der Waals surface area contributed by atoms with E-state index >= 15 is 0 Å². The van der Waals surface area contributed by atoms with Gasteiger partial charge in [-0.1, -0.05) is 6.92 Å². The normalized spacial score (nSPS) is 32.8. The topological polar surface area (TPSA) is 55.6 Å². The van der Waals surface area contributed by atoms with Gasteiger partial charge in [0.05, 0.1) is 6.10 Å². The molecule has 2 heterocycles. The number of halogens is 1. The number of hydrogen-bond acceptors (Lipinski definition) is 3. The summed E-state index contributed by atoms with van der Waals surface area (Å²) in [5.74, 6) is 0.934. The van der Waals surface area contributed by atoms with Gasteiger partial charge in [-0.15, -0.1) is 12.4 Å². The van der Waals surface area contributed by atoms with Crippen molar-refractivity contribution < 1.29 is 9.53 Å². The third-order valence-electron chi connectivity index (χ3n) is 3.97. The van der Waals surface area contributed by atoms with Gasteiger partial charge in [0.15, 0.2) is 0 Å². The van der Waals surface area contributed by atoms with Gasteiger partial charge in [-0.05, 0) is 38.0 Å². The second-order valence-electron chi connectivity index (χ2n) is 5.42. The van der Waals surface area contributed by atoms with Gasteiger partial charge in [0.25, 0.3) is 5.91 Å². The molecular weight excluding hydrogens is 252 g/mol. The summed E-state index contributed by atoms with van der Waals surface area (Å²) in [6, 6.07) is 0. The average Bonchev–Trinajstić information content (AvgIpc) is 2.71. The molecule has 106 valence electrons. The van der Waals surface area contributed by atoms with Crippen LogP contribution in [0.5, 0.6) is 0 Å². The van der Waals surface area contributed by atoms with Gasteiger partial charge < -0.3 is 15.4 Å². The number of amides is 1. The van der Waals surface area contributed by atoms with E-state index in [-0.39, 0.29) is 30.5 Å². The molecular formula is C13H25ClN2O2. The molecule has 2 rings (SSSR count). The Morgan fingerprint density at radius 2 is 2.06 bits per heavy atom. The van der Waals surface area contributed by atoms with Crippen LogP contribution in [0.3, 0.4) is 0 Å². The monoisotopic (exact) mass is 276 g/mol. The number of likely N-dealkylation sites (tertiary alicyclic amines) is 1. The fourth-order valence-electron chi connectivity index (χ4n) is 2.75. The van der Waals surface area contributed by atoms with Gasteiger partial charge in [0.1, 0.15) is 6.10 Å². The van der Waals surface area contributed by atoms with E-state index in [1.54, 1.807) is 0 Å². The Bertz CT molecular complexity index is 276. The summed E-state index contributed by atoms with van der Waals surface area (Å²) in [6.07, 6.45) is 5.12. The number of nitrogens with zero attached hydrogens (tertiary/aromatic N) is 1. The molecule has 2 aliphatic rings. The zero-order valence-corrected chi connectivity index (χ0v) is 12.0. The molecule has 0 spiro atoms. The number of hydrogen-bond donors (Lipinski definition) is 1. The minimum atomic E-state index is -0.225. The Hall–Kier alpha value is -0.320. The Kier molecular flexibility index (Phi) is 6.39. The van der Waals surface area contributed by atoms with Gasteiger partial charge >= 0.3 is 0 Å². The maximum Gasteiger partial charge on any atom is 0.251 e. The molecule has 1 unspecified atom stereocenters. The fraction of sp³-hybridized carbons (Fsp3) is 0.923. The minimum absolute atomic E-state index is 0. The van der Waals surface area contributed by atoms with Crippen LogP contribution in [0.1, 0.15) is 39.0 Å². The number of nitrogens with two attached hydrogens (primary N) is 1. The SMILES string of the molecule is CC1CCCN(C(=O)[C@@H]2CC[C@H](CN)O2)CC1.Cl. The van der Waals surface area contributed by atoms with E-state index in [1.807, 2.05) is 4.90 Å². The van der Waals surface area contributed by atoms with Gasteiger partial charge in [-0.2, -0.15) is 0 Å². The summed E-state index contributed by atoms with van der Waals surface area (Å²) in [7, 11) is 0. The highest BCUT2D eigenvalue weighted by atomic mass is 35.5. The molecule has 2 saturated heterocycles. The first-order chi connectivity index (χ1) is 8.20. The summed E-state index contributed by atoms with van der Waals surface area (Å²) in [4.78, 5) is 14.3. The molecule has 2 N–H and O–H groups in total. The first kappa shape index (κ1) is 15.7. The maximum atomic E-state index is 12.3. The summed E-state index contributed by atoms with van der Waals surface area (Å²) >= 11 is 0. The van der Waals surface area contributed by atoms with Crippen molar-refractivity contribution in [2.45, 2.75) is 51.2 Å². The summed E-state index contributed by atoms with van der Waals surface area (Å²) in [5, 5.41) is 0. The Labute approximate surface area is 116 Å². The molecule has 5 heteroatoms. The molecule has 0 aromatic rings. The van der Waals surface area contributed by atoms with Gasteiger partial charge in [0, 0.05) is 19.6 Å². The van der Waals surface area contributed by atoms with Gasteiger partial charge in [-0.3, -0.25) is 4.79 Å². The highest BCUT2D eigenvalue weighted by Crippen LogP contribution is 2.23. The number of carbonyl (C=O) groups is 1. The first-order valence-corrected chi connectivity index (χ1v) is 6.85. The van der Waals surface area contributed by atoms with Crippen molar-refractivity contribution in [3.05, 3.63) is 0 Å². The van der Waals surface area contributed by atoms with E-state index in [2.05, 4.69) is 6.92 Å². The first-order valence-electron chi connectivity index (χ1n) is 6.85. The molecule has 0 bridgehead atoms. The number of ether oxygens (including phenoxy) is 1. The van der Waals surface area contributed by atoms with Crippen molar-refractivity contribution in [2.75, 3.05) is 19.6 Å². The molecule has 0 radical (unpaired) electrons. The lowest BCUT2D eigenvalue weighted by molar-refractivity contribution is -0.142. The highest BCUT2D eigenvalue weighted by Gasteiger charge is 2.33. The van der Waals surface area contributed by atoms with Crippen molar-refractivity contribution in [1.82, 2.24) is 4.90 Å². The smallest absolute Gasteiger partial charge is 0.251 e. The zero-order chi connectivity index (χ0) is 12.3. The molecule has 3 atom stereocenters. The molecule has 0 aliphatic carbocycles. The van der Waals surface area contributed by atoms with Crippen molar-refractivity contribution in [3.63, 3.8) is 0 Å². The Morgan fingerprint density at radius 1 is 1.28 bits per heavy atom. The van der Waals surface area contributed by atoms with Crippen molar-refractivity contribution in [1.29, 1.82) is 0 Å². The van der Waals surface area contributed by atoms with E-state index in [1.165, 1.54) is 6.42 Å². The van der Waals surface area contributed by atoms with Crippen LogP contribution in [0, 0.1) is 5.92 Å². The lowest BCUT2D eigenvalue weighted by Gasteiger charge is -2.24. The van der Waals surface area contributed by atoms with Gasteiger partial charge in [0.2, 0.25) is 0 Å². The van der Waals surface area contributed by atoms with E-state index < -0.39 is 0 Å². The van der Waals surface area contributed by atoms with Crippen molar-refractivity contribution in [2.24, 2.45) is 11.7 Å². The summed E-state index contributed by atoms with van der Waals surface area (Å²) in [5.41, 5.74) is 5.57. The number of rotatable bonds is 2. The van der Waals surface area contributed by atoms with E-state index in [0.29, 0.717) is 6.54 Å². The Balaban J connectivity index is 0.00000162. The third kappa shape index (κ3) is 3.84. The molecule has 18 heavy (non-hydrogen) atoms. The quantitative estimate of drug-likeness (QED) is 0.833. The molecule has 4 nitrogen and oxygen atoms in total. The van der Waals surface area contributed by atoms with Crippen LogP contribution in [0.15, 0.2) is 0 Å². The predicted octanol–water partition coefficient (Wildman–Crippen LogP) is 1.56. The van der Waals surface area contributed by atoms with Crippen LogP contribution < -0.4 is 5.73 Å². The van der Waals surface area contributed by atoms with Crippen LogP contribution in [0.2, 0.25) is 0 Å². The summed E-state index contributed by atoms with van der Waals surface area (Å²) < 4.78 is 5.68. The molecule has 0 aromatic carbocycles. The lowest BCUT2D eigenvalue weighted by atomic mass is 10.0. The second-order valence-corrected chi connectivity index (χ2v) is 5.42. The zero-order valence-electron chi connectivity index (χ0n) is 11.1. The Morgan fingerprint density at radius 3 is 2.72 bits per heavy atom. The van der Waals surface area contributed by atoms with Crippen LogP contribution in [-0.2, 0) is 9.53 Å². The highest BCUT2D eigenvalue weighted by molar-refractivity contribution is 5.85. The van der Waals surface area contributed by atoms with E-state index in [9.17, 15) is 4.79 Å². The fourth-order valence-corrected chi connectivity index (χ4v) is 2.75.